The molecule has 0 saturated heterocycles. The van der Waals surface area contributed by atoms with Crippen LogP contribution in [0.1, 0.15) is 29.8 Å². The fourth-order valence-corrected chi connectivity index (χ4v) is 2.99. The minimum Gasteiger partial charge on any atom is -0.496 e. The van der Waals surface area contributed by atoms with Gasteiger partial charge in [-0.1, -0.05) is 12.1 Å². The van der Waals surface area contributed by atoms with Gasteiger partial charge in [-0.15, -0.1) is 0 Å². The number of rotatable bonds is 6. The molecule has 7 nitrogen and oxygen atoms in total. The second kappa shape index (κ2) is 7.19. The molecule has 27 heavy (non-hydrogen) atoms. The number of hydrogen-bond acceptors (Lipinski definition) is 5. The highest BCUT2D eigenvalue weighted by Crippen LogP contribution is 2.41. The highest BCUT2D eigenvalue weighted by Gasteiger charge is 2.32. The number of carbonyl (C=O) groups is 2. The summed E-state index contributed by atoms with van der Waals surface area (Å²) in [6.45, 7) is 3.79. The average molecular weight is 371 g/mol. The van der Waals surface area contributed by atoms with Gasteiger partial charge in [0.05, 0.1) is 7.11 Å². The zero-order chi connectivity index (χ0) is 19.6. The largest absolute Gasteiger partial charge is 0.496 e. The number of para-hydroxylation sites is 1. The van der Waals surface area contributed by atoms with Gasteiger partial charge in [-0.2, -0.15) is 0 Å². The molecular weight excluding hydrogens is 350 g/mol. The third-order valence-electron chi connectivity index (χ3n) is 4.13. The van der Waals surface area contributed by atoms with Gasteiger partial charge in [0, 0.05) is 23.7 Å². The Morgan fingerprint density at radius 3 is 2.70 bits per heavy atom. The normalized spacial score (nSPS) is 14.0. The van der Waals surface area contributed by atoms with Crippen molar-refractivity contribution in [3.8, 4) is 17.2 Å². The molecule has 0 aliphatic carbocycles. The maximum Gasteiger partial charge on any atom is 0.339 e. The molecule has 3 rings (SSSR count). The van der Waals surface area contributed by atoms with Gasteiger partial charge in [-0.3, -0.25) is 4.79 Å². The monoisotopic (exact) mass is 371 g/mol. The van der Waals surface area contributed by atoms with Crippen LogP contribution in [-0.4, -0.2) is 36.3 Å². The van der Waals surface area contributed by atoms with Crippen LogP contribution in [0.4, 0.5) is 5.69 Å². The van der Waals surface area contributed by atoms with Crippen LogP contribution in [0.15, 0.2) is 36.4 Å². The zero-order valence-electron chi connectivity index (χ0n) is 15.4. The number of carbonyl (C=O) groups excluding carboxylic acids is 1. The molecule has 2 aromatic carbocycles. The van der Waals surface area contributed by atoms with Crippen LogP contribution in [-0.2, 0) is 11.2 Å². The zero-order valence-corrected chi connectivity index (χ0v) is 15.4. The molecule has 1 amide bonds. The summed E-state index contributed by atoms with van der Waals surface area (Å²) in [5.74, 6) is -0.128. The lowest BCUT2D eigenvalue weighted by Gasteiger charge is -2.18. The van der Waals surface area contributed by atoms with Crippen LogP contribution in [0.2, 0.25) is 0 Å². The van der Waals surface area contributed by atoms with E-state index in [1.54, 1.807) is 6.07 Å². The number of carboxylic acid groups (broad SMARTS) is 1. The molecule has 0 saturated carbocycles. The van der Waals surface area contributed by atoms with E-state index >= 15 is 0 Å². The number of methoxy groups -OCH3 is 1. The molecule has 1 aliphatic heterocycles. The van der Waals surface area contributed by atoms with Crippen molar-refractivity contribution in [1.82, 2.24) is 0 Å². The summed E-state index contributed by atoms with van der Waals surface area (Å²) in [6.07, 6.45) is 0.779. The third kappa shape index (κ3) is 4.13. The van der Waals surface area contributed by atoms with Crippen LogP contribution in [0.3, 0.4) is 0 Å². The Hall–Kier alpha value is -3.22. The fourth-order valence-electron chi connectivity index (χ4n) is 2.99. The molecule has 2 N–H and O–H groups in total. The van der Waals surface area contributed by atoms with E-state index < -0.39 is 5.97 Å². The number of aromatic carboxylic acids is 1. The minimum absolute atomic E-state index is 0.0198. The van der Waals surface area contributed by atoms with Crippen molar-refractivity contribution in [3.63, 3.8) is 0 Å². The molecule has 2 aromatic rings. The number of carboxylic acids is 1. The first-order valence-electron chi connectivity index (χ1n) is 8.44. The van der Waals surface area contributed by atoms with Gasteiger partial charge < -0.3 is 24.6 Å². The molecule has 0 bridgehead atoms. The van der Waals surface area contributed by atoms with Gasteiger partial charge in [-0.05, 0) is 32.0 Å². The smallest absolute Gasteiger partial charge is 0.339 e. The maximum atomic E-state index is 12.2. The molecule has 1 aliphatic rings. The summed E-state index contributed by atoms with van der Waals surface area (Å²) in [5.41, 5.74) is 1.19. The minimum atomic E-state index is -1.10. The summed E-state index contributed by atoms with van der Waals surface area (Å²) in [5, 5.41) is 11.8. The molecule has 0 aromatic heterocycles. The lowest BCUT2D eigenvalue weighted by Crippen LogP contribution is -2.25. The standard InChI is InChI=1S/C20H21NO6/c1-20(2)10-12-5-4-6-15(18(12)27-20)26-11-17(22)21-13-7-8-14(19(23)24)16(9-13)25-3/h4-9H,10-11H2,1-3H3,(H,21,22)(H,23,24). The van der Waals surface area contributed by atoms with Gasteiger partial charge in [-0.25, -0.2) is 4.79 Å². The van der Waals surface area contributed by atoms with Gasteiger partial charge >= 0.3 is 5.97 Å². The van der Waals surface area contributed by atoms with Crippen molar-refractivity contribution < 1.29 is 28.9 Å². The van der Waals surface area contributed by atoms with E-state index in [0.717, 1.165) is 12.0 Å². The SMILES string of the molecule is COc1cc(NC(=O)COc2cccc3c2OC(C)(C)C3)ccc1C(=O)O. The predicted molar refractivity (Wildman–Crippen MR) is 98.9 cm³/mol. The maximum absolute atomic E-state index is 12.2. The third-order valence-corrected chi connectivity index (χ3v) is 4.13. The van der Waals surface area contributed by atoms with E-state index in [4.69, 9.17) is 19.3 Å². The highest BCUT2D eigenvalue weighted by molar-refractivity contribution is 5.95. The van der Waals surface area contributed by atoms with Crippen molar-refractivity contribution in [2.45, 2.75) is 25.9 Å². The Kier molecular flexibility index (Phi) is 4.94. The average Bonchev–Trinajstić information content (AvgIpc) is 2.93. The molecular formula is C20H21NO6. The van der Waals surface area contributed by atoms with Crippen molar-refractivity contribution in [1.29, 1.82) is 0 Å². The fraction of sp³-hybridized carbons (Fsp3) is 0.300. The number of fused-ring (bicyclic) bond motifs is 1. The van der Waals surface area contributed by atoms with E-state index in [9.17, 15) is 9.59 Å². The molecule has 142 valence electrons. The van der Waals surface area contributed by atoms with Crippen molar-refractivity contribution >= 4 is 17.6 Å². The van der Waals surface area contributed by atoms with Gasteiger partial charge in [0.25, 0.3) is 5.91 Å². The number of amides is 1. The van der Waals surface area contributed by atoms with E-state index in [0.29, 0.717) is 17.2 Å². The van der Waals surface area contributed by atoms with Gasteiger partial charge in [0.1, 0.15) is 16.9 Å². The summed E-state index contributed by atoms with van der Waals surface area (Å²) in [7, 11) is 1.37. The molecule has 0 unspecified atom stereocenters. The first kappa shape index (κ1) is 18.6. The van der Waals surface area contributed by atoms with E-state index in [1.165, 1.54) is 25.3 Å². The van der Waals surface area contributed by atoms with Gasteiger partial charge in [0.15, 0.2) is 18.1 Å². The van der Waals surface area contributed by atoms with Crippen molar-refractivity contribution in [3.05, 3.63) is 47.5 Å². The molecule has 0 radical (unpaired) electrons. The number of nitrogens with one attached hydrogen (secondary N) is 1. The number of benzene rings is 2. The molecule has 1 heterocycles. The first-order valence-corrected chi connectivity index (χ1v) is 8.44. The quantitative estimate of drug-likeness (QED) is 0.810. The summed E-state index contributed by atoms with van der Waals surface area (Å²) in [4.78, 5) is 23.3. The Morgan fingerprint density at radius 1 is 1.22 bits per heavy atom. The lowest BCUT2D eigenvalue weighted by molar-refractivity contribution is -0.118. The van der Waals surface area contributed by atoms with Crippen LogP contribution >= 0.6 is 0 Å². The number of ether oxygens (including phenoxy) is 3. The van der Waals surface area contributed by atoms with Crippen LogP contribution < -0.4 is 19.5 Å². The van der Waals surface area contributed by atoms with E-state index in [-0.39, 0.29) is 29.4 Å². The van der Waals surface area contributed by atoms with Gasteiger partial charge in [0.2, 0.25) is 0 Å². The Labute approximate surface area is 156 Å². The molecule has 0 fully saturated rings. The Balaban J connectivity index is 1.65. The second-order valence-electron chi connectivity index (χ2n) is 6.84. The number of anilines is 1. The van der Waals surface area contributed by atoms with Crippen molar-refractivity contribution in [2.24, 2.45) is 0 Å². The second-order valence-corrected chi connectivity index (χ2v) is 6.84. The summed E-state index contributed by atoms with van der Waals surface area (Å²) >= 11 is 0. The summed E-state index contributed by atoms with van der Waals surface area (Å²) < 4.78 is 16.6. The van der Waals surface area contributed by atoms with Crippen LogP contribution in [0.25, 0.3) is 0 Å². The highest BCUT2D eigenvalue weighted by atomic mass is 16.5. The van der Waals surface area contributed by atoms with E-state index in [2.05, 4.69) is 5.32 Å². The van der Waals surface area contributed by atoms with E-state index in [1.807, 2.05) is 26.0 Å². The number of hydrogen-bond donors (Lipinski definition) is 2. The Bertz CT molecular complexity index is 890. The van der Waals surface area contributed by atoms with Crippen LogP contribution in [0, 0.1) is 0 Å². The lowest BCUT2D eigenvalue weighted by atomic mass is 10.0. The topological polar surface area (TPSA) is 94.1 Å². The molecule has 0 spiro atoms. The Morgan fingerprint density at radius 2 is 2.00 bits per heavy atom. The molecule has 7 heteroatoms. The predicted octanol–water partition coefficient (Wildman–Crippen LogP) is 3.12. The molecule has 0 atom stereocenters. The first-order chi connectivity index (χ1) is 12.8. The van der Waals surface area contributed by atoms with Crippen LogP contribution in [0.5, 0.6) is 17.2 Å². The van der Waals surface area contributed by atoms with Crippen molar-refractivity contribution in [2.75, 3.05) is 19.0 Å². The summed E-state index contributed by atoms with van der Waals surface area (Å²) in [6, 6.07) is 9.93.